The third-order valence-corrected chi connectivity index (χ3v) is 7.51. The minimum atomic E-state index is -0.339. The molecule has 1 unspecified atom stereocenters. The summed E-state index contributed by atoms with van der Waals surface area (Å²) < 4.78 is 10.8. The van der Waals surface area contributed by atoms with E-state index < -0.39 is 0 Å². The summed E-state index contributed by atoms with van der Waals surface area (Å²) in [6.45, 7) is 8.10. The van der Waals surface area contributed by atoms with E-state index in [1.807, 2.05) is 41.3 Å². The molecular weight excluding hydrogens is 468 g/mol. The number of ether oxygens (including phenoxy) is 2. The minimum absolute atomic E-state index is 0.0669. The second-order valence-corrected chi connectivity index (χ2v) is 10.7. The number of phenolic OH excluding ortho intramolecular Hbond substituents is 1. The number of nitrogens with one attached hydrogen (secondary N) is 1. The topological polar surface area (TPSA) is 88.1 Å². The lowest BCUT2D eigenvalue weighted by Gasteiger charge is -2.28. The first-order chi connectivity index (χ1) is 17.8. The van der Waals surface area contributed by atoms with Gasteiger partial charge in [-0.2, -0.15) is 0 Å². The van der Waals surface area contributed by atoms with Crippen molar-refractivity contribution in [3.05, 3.63) is 53.6 Å². The Morgan fingerprint density at radius 1 is 1.08 bits per heavy atom. The van der Waals surface area contributed by atoms with E-state index in [2.05, 4.69) is 25.2 Å². The summed E-state index contributed by atoms with van der Waals surface area (Å²) in [4.78, 5) is 26.5. The molecule has 200 valence electrons. The molecule has 7 nitrogen and oxygen atoms in total. The van der Waals surface area contributed by atoms with Gasteiger partial charge in [0.1, 0.15) is 11.9 Å². The first-order valence-corrected chi connectivity index (χ1v) is 13.5. The molecule has 2 fully saturated rings. The molecule has 0 aliphatic carbocycles. The molecule has 2 heterocycles. The highest BCUT2D eigenvalue weighted by Crippen LogP contribution is 2.36. The minimum Gasteiger partial charge on any atom is -0.507 e. The number of carbonyl (C=O) groups is 2. The number of nitrogens with zero attached hydrogens (tertiary/aromatic N) is 1. The van der Waals surface area contributed by atoms with Crippen molar-refractivity contribution in [2.45, 2.75) is 70.4 Å². The molecule has 2 aliphatic heterocycles. The number of hydrogen-bond acceptors (Lipinski definition) is 5. The monoisotopic (exact) mass is 508 g/mol. The Labute approximate surface area is 220 Å². The zero-order valence-electron chi connectivity index (χ0n) is 22.1. The molecule has 2 amide bonds. The van der Waals surface area contributed by atoms with Crippen LogP contribution < -0.4 is 5.32 Å². The third-order valence-electron chi connectivity index (χ3n) is 7.51. The van der Waals surface area contributed by atoms with Crippen LogP contribution in [0.4, 0.5) is 0 Å². The zero-order chi connectivity index (χ0) is 26.3. The smallest absolute Gasteiger partial charge is 0.249 e. The van der Waals surface area contributed by atoms with Crippen LogP contribution in [-0.2, 0) is 31.0 Å². The van der Waals surface area contributed by atoms with Crippen LogP contribution in [-0.4, -0.2) is 60.8 Å². The van der Waals surface area contributed by atoms with Crippen LogP contribution in [0.15, 0.2) is 42.5 Å². The maximum absolute atomic E-state index is 12.4. The van der Waals surface area contributed by atoms with Crippen molar-refractivity contribution in [1.82, 2.24) is 10.2 Å². The van der Waals surface area contributed by atoms with E-state index in [0.717, 1.165) is 54.4 Å². The van der Waals surface area contributed by atoms with E-state index in [1.165, 1.54) is 0 Å². The maximum atomic E-state index is 12.4. The number of benzene rings is 2. The molecule has 0 spiro atoms. The molecule has 2 aromatic rings. The Morgan fingerprint density at radius 3 is 2.62 bits per heavy atom. The molecule has 0 saturated carbocycles. The SMILES string of the molecule is CC(C)(CCCCC(=O)N1CCOCC1)c1ccc(-c2cccc(CNC(=O)C3CCCO3)c2)c(O)c1. The van der Waals surface area contributed by atoms with Crippen LogP contribution in [0.2, 0.25) is 0 Å². The fourth-order valence-electron chi connectivity index (χ4n) is 5.09. The second kappa shape index (κ2) is 12.6. The lowest BCUT2D eigenvalue weighted by atomic mass is 9.79. The highest BCUT2D eigenvalue weighted by atomic mass is 16.5. The standard InChI is InChI=1S/C30H40N2O5/c1-30(2,13-4-3-10-28(34)32-14-17-36-18-15-32)24-11-12-25(26(33)20-24)23-8-5-7-22(19-23)21-31-29(35)27-9-6-16-37-27/h5,7-8,11-12,19-20,27,33H,3-4,6,9-10,13-18,21H2,1-2H3,(H,31,35). The molecule has 2 saturated heterocycles. The Balaban J connectivity index is 1.31. The fraction of sp³-hybridized carbons (Fsp3) is 0.533. The predicted octanol–water partition coefficient (Wildman–Crippen LogP) is 4.55. The number of carbonyl (C=O) groups excluding carboxylic acids is 2. The van der Waals surface area contributed by atoms with Gasteiger partial charge >= 0.3 is 0 Å². The molecule has 7 heteroatoms. The molecule has 0 aromatic heterocycles. The summed E-state index contributed by atoms with van der Waals surface area (Å²) >= 11 is 0. The lowest BCUT2D eigenvalue weighted by molar-refractivity contribution is -0.135. The van der Waals surface area contributed by atoms with Gasteiger partial charge in [0, 0.05) is 38.2 Å². The molecular formula is C30H40N2O5. The number of morpholine rings is 1. The van der Waals surface area contributed by atoms with E-state index in [1.54, 1.807) is 0 Å². The van der Waals surface area contributed by atoms with Crippen LogP contribution in [0, 0.1) is 0 Å². The number of phenols is 1. The van der Waals surface area contributed by atoms with Crippen molar-refractivity contribution in [3.8, 4) is 16.9 Å². The second-order valence-electron chi connectivity index (χ2n) is 10.7. The van der Waals surface area contributed by atoms with Gasteiger partial charge in [-0.3, -0.25) is 9.59 Å². The summed E-state index contributed by atoms with van der Waals surface area (Å²) in [6, 6.07) is 13.8. The summed E-state index contributed by atoms with van der Waals surface area (Å²) in [6.07, 6.45) is 4.68. The van der Waals surface area contributed by atoms with Crippen molar-refractivity contribution < 1.29 is 24.2 Å². The van der Waals surface area contributed by atoms with Gasteiger partial charge < -0.3 is 24.8 Å². The van der Waals surface area contributed by atoms with Crippen molar-refractivity contribution >= 4 is 11.8 Å². The molecule has 37 heavy (non-hydrogen) atoms. The van der Waals surface area contributed by atoms with Crippen LogP contribution in [0.1, 0.15) is 63.5 Å². The molecule has 2 N–H and O–H groups in total. The number of amides is 2. The first kappa shape index (κ1) is 27.1. The zero-order valence-corrected chi connectivity index (χ0v) is 22.1. The van der Waals surface area contributed by atoms with E-state index >= 15 is 0 Å². The maximum Gasteiger partial charge on any atom is 0.249 e. The molecule has 0 radical (unpaired) electrons. The Hall–Kier alpha value is -2.90. The largest absolute Gasteiger partial charge is 0.507 e. The summed E-state index contributed by atoms with van der Waals surface area (Å²) in [5.41, 5.74) is 3.61. The van der Waals surface area contributed by atoms with Crippen molar-refractivity contribution in [3.63, 3.8) is 0 Å². The predicted molar refractivity (Wildman–Crippen MR) is 143 cm³/mol. The number of hydrogen-bond donors (Lipinski definition) is 2. The first-order valence-electron chi connectivity index (χ1n) is 13.5. The van der Waals surface area contributed by atoms with Crippen LogP contribution in [0.3, 0.4) is 0 Å². The highest BCUT2D eigenvalue weighted by Gasteiger charge is 2.24. The van der Waals surface area contributed by atoms with E-state index in [9.17, 15) is 14.7 Å². The summed E-state index contributed by atoms with van der Waals surface area (Å²) in [5, 5.41) is 13.9. The van der Waals surface area contributed by atoms with Crippen molar-refractivity contribution in [2.75, 3.05) is 32.9 Å². The van der Waals surface area contributed by atoms with Crippen LogP contribution >= 0.6 is 0 Å². The van der Waals surface area contributed by atoms with E-state index in [0.29, 0.717) is 45.9 Å². The van der Waals surface area contributed by atoms with Gasteiger partial charge in [0.05, 0.1) is 13.2 Å². The Bertz CT molecular complexity index is 1070. The number of aromatic hydroxyl groups is 1. The summed E-state index contributed by atoms with van der Waals surface area (Å²) in [7, 11) is 0. The Morgan fingerprint density at radius 2 is 1.89 bits per heavy atom. The Kier molecular flexibility index (Phi) is 9.22. The van der Waals surface area contributed by atoms with Crippen molar-refractivity contribution in [2.24, 2.45) is 0 Å². The van der Waals surface area contributed by atoms with E-state index in [-0.39, 0.29) is 29.1 Å². The molecule has 1 atom stereocenters. The van der Waals surface area contributed by atoms with Crippen LogP contribution in [0.5, 0.6) is 5.75 Å². The molecule has 4 rings (SSSR count). The van der Waals surface area contributed by atoms with Gasteiger partial charge in [-0.05, 0) is 59.9 Å². The van der Waals surface area contributed by atoms with Crippen LogP contribution in [0.25, 0.3) is 11.1 Å². The lowest BCUT2D eigenvalue weighted by Crippen LogP contribution is -2.40. The van der Waals surface area contributed by atoms with Gasteiger partial charge in [0.15, 0.2) is 0 Å². The number of unbranched alkanes of at least 4 members (excludes halogenated alkanes) is 1. The third kappa shape index (κ3) is 7.33. The number of rotatable bonds is 10. The van der Waals surface area contributed by atoms with Gasteiger partial charge in [-0.25, -0.2) is 0 Å². The average Bonchev–Trinajstić information content (AvgIpc) is 3.45. The van der Waals surface area contributed by atoms with Gasteiger partial charge in [0.25, 0.3) is 0 Å². The fourth-order valence-corrected chi connectivity index (χ4v) is 5.09. The molecule has 0 bridgehead atoms. The van der Waals surface area contributed by atoms with Gasteiger partial charge in [-0.1, -0.05) is 50.6 Å². The molecule has 2 aliphatic rings. The summed E-state index contributed by atoms with van der Waals surface area (Å²) in [5.74, 6) is 0.396. The van der Waals surface area contributed by atoms with E-state index in [4.69, 9.17) is 9.47 Å². The van der Waals surface area contributed by atoms with Crippen molar-refractivity contribution in [1.29, 1.82) is 0 Å². The normalized spacial score (nSPS) is 18.1. The van der Waals surface area contributed by atoms with Gasteiger partial charge in [-0.15, -0.1) is 0 Å². The highest BCUT2D eigenvalue weighted by molar-refractivity contribution is 5.81. The quantitative estimate of drug-likeness (QED) is 0.460. The van der Waals surface area contributed by atoms with Gasteiger partial charge in [0.2, 0.25) is 11.8 Å². The average molecular weight is 509 g/mol. The molecule has 2 aromatic carbocycles.